The van der Waals surface area contributed by atoms with Gasteiger partial charge in [-0.05, 0) is 12.3 Å². The molecular formula is C11H14F6O3. The van der Waals surface area contributed by atoms with Gasteiger partial charge in [0.15, 0.2) is 0 Å². The van der Waals surface area contributed by atoms with Crippen LogP contribution >= 0.6 is 0 Å². The van der Waals surface area contributed by atoms with E-state index in [1.165, 1.54) is 0 Å². The molecule has 0 unspecified atom stereocenters. The van der Waals surface area contributed by atoms with Gasteiger partial charge >= 0.3 is 18.5 Å². The van der Waals surface area contributed by atoms with Crippen LogP contribution in [0.15, 0.2) is 12.7 Å². The molecule has 0 aliphatic heterocycles. The Hall–Kier alpha value is -1.41. The van der Waals surface area contributed by atoms with Gasteiger partial charge < -0.3 is 9.47 Å². The van der Waals surface area contributed by atoms with Crippen LogP contribution in [0.1, 0.15) is 20.3 Å². The van der Waals surface area contributed by atoms with Gasteiger partial charge in [-0.2, -0.15) is 26.3 Å². The molecule has 0 aliphatic rings. The van der Waals surface area contributed by atoms with Crippen molar-refractivity contribution in [3.8, 4) is 0 Å². The lowest BCUT2D eigenvalue weighted by Gasteiger charge is -2.23. The first kappa shape index (κ1) is 18.6. The van der Waals surface area contributed by atoms with Gasteiger partial charge in [-0.15, -0.1) is 0 Å². The number of carbonyl (C=O) groups is 1. The Balaban J connectivity index is 4.74. The van der Waals surface area contributed by atoms with E-state index >= 15 is 0 Å². The number of alkyl halides is 6. The fraction of sp³-hybridized carbons (Fsp3) is 0.727. The highest BCUT2D eigenvalue weighted by atomic mass is 19.4. The van der Waals surface area contributed by atoms with Gasteiger partial charge in [0, 0.05) is 0 Å². The van der Waals surface area contributed by atoms with Gasteiger partial charge in [0.05, 0.1) is 0 Å². The molecule has 0 aromatic rings. The molecule has 0 spiro atoms. The third kappa shape index (κ3) is 6.67. The number of hydrogen-bond donors (Lipinski definition) is 0. The van der Waals surface area contributed by atoms with Crippen LogP contribution in [-0.2, 0) is 9.47 Å². The van der Waals surface area contributed by atoms with Crippen molar-refractivity contribution in [2.45, 2.75) is 44.8 Å². The second-order valence-electron chi connectivity index (χ2n) is 4.35. The summed E-state index contributed by atoms with van der Waals surface area (Å²) in [6.07, 6.45) is -17.5. The molecule has 0 amide bonds. The van der Waals surface area contributed by atoms with Crippen molar-refractivity contribution in [1.82, 2.24) is 0 Å². The maximum Gasteiger partial charge on any atom is 0.509 e. The van der Waals surface area contributed by atoms with Gasteiger partial charge in [0.25, 0.3) is 6.10 Å². The fourth-order valence-electron chi connectivity index (χ4n) is 1.22. The van der Waals surface area contributed by atoms with Crippen molar-refractivity contribution < 1.29 is 40.6 Å². The number of hydrogen-bond acceptors (Lipinski definition) is 3. The van der Waals surface area contributed by atoms with Crippen LogP contribution in [0.4, 0.5) is 31.1 Å². The van der Waals surface area contributed by atoms with Gasteiger partial charge in [-0.3, -0.25) is 0 Å². The summed E-state index contributed by atoms with van der Waals surface area (Å²) in [5.41, 5.74) is 0. The van der Waals surface area contributed by atoms with E-state index in [0.29, 0.717) is 0 Å². The molecule has 0 N–H and O–H groups in total. The molecule has 0 aliphatic carbocycles. The summed E-state index contributed by atoms with van der Waals surface area (Å²) in [5.74, 6) is -0.00757. The Labute approximate surface area is 111 Å². The Morgan fingerprint density at radius 2 is 1.55 bits per heavy atom. The lowest BCUT2D eigenvalue weighted by Crippen LogP contribution is -2.46. The summed E-state index contributed by atoms with van der Waals surface area (Å²) in [7, 11) is 0. The van der Waals surface area contributed by atoms with Crippen LogP contribution in [0.5, 0.6) is 0 Å². The lowest BCUT2D eigenvalue weighted by atomic mass is 10.1. The van der Waals surface area contributed by atoms with E-state index < -0.39 is 30.7 Å². The van der Waals surface area contributed by atoms with E-state index in [4.69, 9.17) is 0 Å². The zero-order valence-electron chi connectivity index (χ0n) is 10.7. The predicted molar refractivity (Wildman–Crippen MR) is 56.9 cm³/mol. The Morgan fingerprint density at radius 1 is 1.10 bits per heavy atom. The smallest absolute Gasteiger partial charge is 0.427 e. The molecule has 0 radical (unpaired) electrons. The molecule has 118 valence electrons. The standard InChI is InChI=1S/C11H14F6O3/c1-4-7(5-6(2)3)19-9(18)20-8(10(12,13)14)11(15,16)17/h4,6-8H,1,5H2,2-3H3/t7-/m1/s1. The minimum absolute atomic E-state index is 0.00757. The average molecular weight is 308 g/mol. The minimum Gasteiger partial charge on any atom is -0.427 e. The van der Waals surface area contributed by atoms with Crippen LogP contribution in [0, 0.1) is 5.92 Å². The second-order valence-corrected chi connectivity index (χ2v) is 4.35. The third-order valence-electron chi connectivity index (χ3n) is 2.02. The molecule has 0 heterocycles. The molecular weight excluding hydrogens is 294 g/mol. The van der Waals surface area contributed by atoms with Gasteiger partial charge in [-0.25, -0.2) is 4.79 Å². The van der Waals surface area contributed by atoms with E-state index in [0.717, 1.165) is 6.08 Å². The minimum atomic E-state index is -5.76. The highest BCUT2D eigenvalue weighted by Gasteiger charge is 2.60. The summed E-state index contributed by atoms with van der Waals surface area (Å²) in [6, 6.07) is 0. The maximum absolute atomic E-state index is 12.1. The summed E-state index contributed by atoms with van der Waals surface area (Å²) in [5, 5.41) is 0. The molecule has 20 heavy (non-hydrogen) atoms. The molecule has 9 heteroatoms. The molecule has 0 rings (SSSR count). The van der Waals surface area contributed by atoms with Crippen LogP contribution in [0.3, 0.4) is 0 Å². The predicted octanol–water partition coefficient (Wildman–Crippen LogP) is 4.23. The third-order valence-corrected chi connectivity index (χ3v) is 2.02. The Morgan fingerprint density at radius 3 is 1.85 bits per heavy atom. The molecule has 0 bridgehead atoms. The van der Waals surface area contributed by atoms with E-state index in [1.807, 2.05) is 0 Å². The van der Waals surface area contributed by atoms with Gasteiger partial charge in [-0.1, -0.05) is 26.5 Å². The van der Waals surface area contributed by atoms with E-state index in [2.05, 4.69) is 16.1 Å². The summed E-state index contributed by atoms with van der Waals surface area (Å²) < 4.78 is 80.5. The van der Waals surface area contributed by atoms with Crippen molar-refractivity contribution in [3.63, 3.8) is 0 Å². The highest BCUT2D eigenvalue weighted by Crippen LogP contribution is 2.36. The average Bonchev–Trinajstić information content (AvgIpc) is 2.21. The van der Waals surface area contributed by atoms with Crippen molar-refractivity contribution in [3.05, 3.63) is 12.7 Å². The zero-order valence-corrected chi connectivity index (χ0v) is 10.7. The van der Waals surface area contributed by atoms with Crippen molar-refractivity contribution in [2.24, 2.45) is 5.92 Å². The number of ether oxygens (including phenoxy) is 2. The summed E-state index contributed by atoms with van der Waals surface area (Å²) in [4.78, 5) is 11.0. The number of halogens is 6. The fourth-order valence-corrected chi connectivity index (χ4v) is 1.22. The quantitative estimate of drug-likeness (QED) is 0.433. The normalized spacial score (nSPS) is 14.3. The molecule has 0 aromatic carbocycles. The lowest BCUT2D eigenvalue weighted by molar-refractivity contribution is -0.310. The van der Waals surface area contributed by atoms with Crippen molar-refractivity contribution in [2.75, 3.05) is 0 Å². The van der Waals surface area contributed by atoms with E-state index in [-0.39, 0.29) is 12.3 Å². The first-order valence-corrected chi connectivity index (χ1v) is 5.51. The largest absolute Gasteiger partial charge is 0.509 e. The molecule has 3 nitrogen and oxygen atoms in total. The molecule has 0 aromatic heterocycles. The molecule has 0 saturated heterocycles. The zero-order chi connectivity index (χ0) is 16.1. The Kier molecular flexibility index (Phi) is 6.36. The van der Waals surface area contributed by atoms with Crippen LogP contribution in [-0.4, -0.2) is 30.7 Å². The first-order valence-electron chi connectivity index (χ1n) is 5.51. The molecule has 0 fully saturated rings. The number of carbonyl (C=O) groups excluding carboxylic acids is 1. The maximum atomic E-state index is 12.1. The first-order chi connectivity index (χ1) is 8.87. The summed E-state index contributed by atoms with van der Waals surface area (Å²) >= 11 is 0. The van der Waals surface area contributed by atoms with E-state index in [1.54, 1.807) is 13.8 Å². The highest BCUT2D eigenvalue weighted by molar-refractivity contribution is 5.60. The van der Waals surface area contributed by atoms with E-state index in [9.17, 15) is 31.1 Å². The topological polar surface area (TPSA) is 35.5 Å². The van der Waals surface area contributed by atoms with Crippen molar-refractivity contribution in [1.29, 1.82) is 0 Å². The SMILES string of the molecule is C=C[C@H](CC(C)C)OC(=O)OC(C(F)(F)F)C(F)(F)F. The Bertz CT molecular complexity index is 320. The number of rotatable bonds is 5. The summed E-state index contributed by atoms with van der Waals surface area (Å²) in [6.45, 7) is 6.71. The molecule has 0 saturated carbocycles. The monoisotopic (exact) mass is 308 g/mol. The molecule has 1 atom stereocenters. The van der Waals surface area contributed by atoms with Crippen LogP contribution in [0.25, 0.3) is 0 Å². The van der Waals surface area contributed by atoms with Crippen LogP contribution < -0.4 is 0 Å². The second kappa shape index (κ2) is 6.85. The van der Waals surface area contributed by atoms with Crippen LogP contribution in [0.2, 0.25) is 0 Å². The van der Waals surface area contributed by atoms with Gasteiger partial charge in [0.2, 0.25) is 0 Å². The van der Waals surface area contributed by atoms with Gasteiger partial charge in [0.1, 0.15) is 6.10 Å². The van der Waals surface area contributed by atoms with Crippen molar-refractivity contribution >= 4 is 6.16 Å².